The molecule has 0 amide bonds. The lowest BCUT2D eigenvalue weighted by molar-refractivity contribution is 0.0696. The van der Waals surface area contributed by atoms with Gasteiger partial charge in [-0.2, -0.15) is 0 Å². The molecule has 0 radical (unpaired) electrons. The van der Waals surface area contributed by atoms with E-state index in [4.69, 9.17) is 4.74 Å². The maximum Gasteiger partial charge on any atom is 0.365 e. The number of aliphatic hydroxyl groups is 1. The van der Waals surface area contributed by atoms with Crippen molar-refractivity contribution in [1.82, 2.24) is 4.98 Å². The molecular formula is C15H14BrNO4S. The molecule has 0 fully saturated rings. The second kappa shape index (κ2) is 5.98. The number of thiazole rings is 1. The van der Waals surface area contributed by atoms with Crippen LogP contribution in [0.2, 0.25) is 0 Å². The summed E-state index contributed by atoms with van der Waals surface area (Å²) in [6.07, 6.45) is 0.780. The van der Waals surface area contributed by atoms with E-state index < -0.39 is 11.0 Å². The predicted molar refractivity (Wildman–Crippen MR) is 87.1 cm³/mol. The molecule has 2 N–H and O–H groups in total. The average molecular weight is 384 g/mol. The van der Waals surface area contributed by atoms with Crippen molar-refractivity contribution in [3.8, 4) is 17.0 Å². The highest BCUT2D eigenvalue weighted by molar-refractivity contribution is 9.09. The number of carbonyl (C=O) groups is 1. The molecule has 0 saturated carbocycles. The Morgan fingerprint density at radius 1 is 1.50 bits per heavy atom. The number of ether oxygens (including phenoxy) is 1. The SMILES string of the molecule is CCc1cccc2c1-c1nc(C(=O)O)sc1C(CO)C(Br)O2. The molecule has 2 aromatic rings. The molecule has 0 spiro atoms. The Bertz CT molecular complexity index is 730. The van der Waals surface area contributed by atoms with Gasteiger partial charge < -0.3 is 14.9 Å². The van der Waals surface area contributed by atoms with Crippen molar-refractivity contribution in [1.29, 1.82) is 0 Å². The van der Waals surface area contributed by atoms with Crippen LogP contribution in [-0.2, 0) is 6.42 Å². The quantitative estimate of drug-likeness (QED) is 0.795. The molecule has 5 nitrogen and oxygen atoms in total. The molecule has 1 aromatic heterocycles. The number of fused-ring (bicyclic) bond motifs is 3. The second-order valence-electron chi connectivity index (χ2n) is 4.94. The minimum atomic E-state index is -1.06. The van der Waals surface area contributed by atoms with E-state index in [2.05, 4.69) is 20.9 Å². The molecule has 0 bridgehead atoms. The average Bonchev–Trinajstić information content (AvgIpc) is 2.88. The number of halogens is 1. The van der Waals surface area contributed by atoms with Gasteiger partial charge in [0.2, 0.25) is 5.01 Å². The summed E-state index contributed by atoms with van der Waals surface area (Å²) in [5.74, 6) is -0.768. The second-order valence-corrected chi connectivity index (χ2v) is 6.87. The standard InChI is InChI=1S/C15H14BrNO4S/c1-2-7-4-3-5-9-10(7)11-12(8(6-18)13(16)21-9)22-14(17-11)15(19)20/h3-5,8,13,18H,2,6H2,1H3,(H,19,20). The Kier molecular flexibility index (Phi) is 4.20. The van der Waals surface area contributed by atoms with Gasteiger partial charge in [0.25, 0.3) is 0 Å². The summed E-state index contributed by atoms with van der Waals surface area (Å²) >= 11 is 4.54. The van der Waals surface area contributed by atoms with E-state index >= 15 is 0 Å². The zero-order chi connectivity index (χ0) is 15.9. The van der Waals surface area contributed by atoms with Crippen LogP contribution in [0.5, 0.6) is 5.75 Å². The first-order valence-corrected chi connectivity index (χ1v) is 8.57. The first kappa shape index (κ1) is 15.5. The van der Waals surface area contributed by atoms with E-state index in [0.29, 0.717) is 11.4 Å². The molecule has 7 heteroatoms. The van der Waals surface area contributed by atoms with Gasteiger partial charge in [-0.25, -0.2) is 9.78 Å². The van der Waals surface area contributed by atoms with Crippen molar-refractivity contribution in [3.63, 3.8) is 0 Å². The summed E-state index contributed by atoms with van der Waals surface area (Å²) in [4.78, 5) is 16.3. The third-order valence-corrected chi connectivity index (χ3v) is 5.66. The lowest BCUT2D eigenvalue weighted by Crippen LogP contribution is -2.20. The highest BCUT2D eigenvalue weighted by atomic mass is 79.9. The normalized spacial score (nSPS) is 19.8. The highest BCUT2D eigenvalue weighted by Crippen LogP contribution is 2.46. The number of hydrogen-bond acceptors (Lipinski definition) is 5. The Hall–Kier alpha value is -1.44. The lowest BCUT2D eigenvalue weighted by atomic mass is 9.98. The van der Waals surface area contributed by atoms with Crippen molar-refractivity contribution in [2.45, 2.75) is 24.3 Å². The number of rotatable bonds is 3. The summed E-state index contributed by atoms with van der Waals surface area (Å²) in [5.41, 5.74) is 2.47. The van der Waals surface area contributed by atoms with Crippen molar-refractivity contribution in [2.24, 2.45) is 0 Å². The van der Waals surface area contributed by atoms with Gasteiger partial charge in [-0.3, -0.25) is 0 Å². The van der Waals surface area contributed by atoms with Crippen LogP contribution in [0.25, 0.3) is 11.3 Å². The number of aryl methyl sites for hydroxylation is 1. The first-order valence-electron chi connectivity index (χ1n) is 6.84. The van der Waals surface area contributed by atoms with Gasteiger partial charge >= 0.3 is 5.97 Å². The van der Waals surface area contributed by atoms with Crippen LogP contribution in [0, 0.1) is 0 Å². The Balaban J connectivity index is 2.31. The maximum absolute atomic E-state index is 11.3. The van der Waals surface area contributed by atoms with Gasteiger partial charge in [0, 0.05) is 10.4 Å². The Labute approximate surface area is 139 Å². The third kappa shape index (κ3) is 2.43. The van der Waals surface area contributed by atoms with Gasteiger partial charge in [0.05, 0.1) is 18.2 Å². The van der Waals surface area contributed by atoms with Crippen LogP contribution < -0.4 is 4.74 Å². The number of nitrogens with zero attached hydrogens (tertiary/aromatic N) is 1. The van der Waals surface area contributed by atoms with Crippen molar-refractivity contribution < 1.29 is 19.7 Å². The van der Waals surface area contributed by atoms with Crippen molar-refractivity contribution in [2.75, 3.05) is 6.61 Å². The smallest absolute Gasteiger partial charge is 0.365 e. The number of carboxylic acid groups (broad SMARTS) is 1. The number of hydrogen-bond donors (Lipinski definition) is 2. The molecule has 2 atom stereocenters. The van der Waals surface area contributed by atoms with E-state index in [-0.39, 0.29) is 17.5 Å². The van der Waals surface area contributed by atoms with Gasteiger partial charge in [-0.05, 0) is 34.0 Å². The van der Waals surface area contributed by atoms with Crippen LogP contribution in [0.3, 0.4) is 0 Å². The Morgan fingerprint density at radius 2 is 2.27 bits per heavy atom. The number of alkyl halides is 1. The Morgan fingerprint density at radius 3 is 2.91 bits per heavy atom. The zero-order valence-electron chi connectivity index (χ0n) is 11.7. The van der Waals surface area contributed by atoms with Gasteiger partial charge in [-0.15, -0.1) is 11.3 Å². The molecule has 1 aliphatic heterocycles. The van der Waals surface area contributed by atoms with Crippen LogP contribution in [0.15, 0.2) is 18.2 Å². The zero-order valence-corrected chi connectivity index (χ0v) is 14.1. The summed E-state index contributed by atoms with van der Waals surface area (Å²) in [7, 11) is 0. The number of benzene rings is 1. The van der Waals surface area contributed by atoms with E-state index in [0.717, 1.165) is 33.8 Å². The number of aliphatic hydroxyl groups excluding tert-OH is 1. The fraction of sp³-hybridized carbons (Fsp3) is 0.333. The summed E-state index contributed by atoms with van der Waals surface area (Å²) in [6.45, 7) is 1.87. The number of aromatic carboxylic acids is 1. The van der Waals surface area contributed by atoms with Crippen LogP contribution in [0.4, 0.5) is 0 Å². The van der Waals surface area contributed by atoms with Gasteiger partial charge in [0.1, 0.15) is 5.75 Å². The fourth-order valence-electron chi connectivity index (χ4n) is 2.58. The van der Waals surface area contributed by atoms with Crippen molar-refractivity contribution >= 4 is 33.2 Å². The van der Waals surface area contributed by atoms with Crippen LogP contribution >= 0.6 is 27.3 Å². The van der Waals surface area contributed by atoms with Crippen LogP contribution in [0.1, 0.15) is 33.1 Å². The molecule has 3 rings (SSSR count). The third-order valence-electron chi connectivity index (χ3n) is 3.66. The van der Waals surface area contributed by atoms with E-state index in [1.54, 1.807) is 0 Å². The highest BCUT2D eigenvalue weighted by Gasteiger charge is 2.34. The molecule has 2 unspecified atom stereocenters. The summed E-state index contributed by atoms with van der Waals surface area (Å²) in [5, 5.41) is 18.5. The number of carboxylic acids is 1. The topological polar surface area (TPSA) is 79.7 Å². The maximum atomic E-state index is 11.3. The minimum Gasteiger partial charge on any atom is -0.478 e. The lowest BCUT2D eigenvalue weighted by Gasteiger charge is -2.18. The van der Waals surface area contributed by atoms with Gasteiger partial charge in [-0.1, -0.05) is 19.1 Å². The summed E-state index contributed by atoms with van der Waals surface area (Å²) in [6, 6.07) is 5.72. The van der Waals surface area contributed by atoms with Crippen molar-refractivity contribution in [3.05, 3.63) is 33.6 Å². The van der Waals surface area contributed by atoms with E-state index in [9.17, 15) is 15.0 Å². The van der Waals surface area contributed by atoms with Gasteiger partial charge in [0.15, 0.2) is 5.01 Å². The first-order chi connectivity index (χ1) is 10.6. The molecule has 0 saturated heterocycles. The molecule has 1 aliphatic rings. The molecular weight excluding hydrogens is 370 g/mol. The molecule has 22 heavy (non-hydrogen) atoms. The molecule has 116 valence electrons. The monoisotopic (exact) mass is 383 g/mol. The molecule has 1 aromatic carbocycles. The largest absolute Gasteiger partial charge is 0.478 e. The minimum absolute atomic E-state index is 0.0295. The molecule has 0 aliphatic carbocycles. The summed E-state index contributed by atoms with van der Waals surface area (Å²) < 4.78 is 5.92. The molecule has 2 heterocycles. The predicted octanol–water partition coefficient (Wildman–Crippen LogP) is 3.26. The van der Waals surface area contributed by atoms with E-state index in [1.807, 2.05) is 25.1 Å². The van der Waals surface area contributed by atoms with E-state index in [1.165, 1.54) is 0 Å². The fourth-order valence-corrected chi connectivity index (χ4v) is 4.41. The number of aromatic nitrogens is 1. The van der Waals surface area contributed by atoms with Crippen LogP contribution in [-0.4, -0.2) is 32.8 Å².